The first-order valence-electron chi connectivity index (χ1n) is 7.22. The molecule has 1 amide bonds. The number of carbonyl (C=O) groups excluding carboxylic acids is 1. The number of benzene rings is 1. The molecule has 5 heteroatoms. The molecule has 1 spiro atoms. The highest BCUT2D eigenvalue weighted by atomic mass is 16.2. The Morgan fingerprint density at radius 1 is 1.05 bits per heavy atom. The van der Waals surface area contributed by atoms with E-state index in [1.807, 2.05) is 24.3 Å². The zero-order valence-electron chi connectivity index (χ0n) is 11.6. The molecule has 106 valence electrons. The minimum Gasteiger partial charge on any atom is -0.341 e. The van der Waals surface area contributed by atoms with Crippen molar-refractivity contribution in [3.8, 4) is 0 Å². The van der Waals surface area contributed by atoms with Crippen molar-refractivity contribution in [2.45, 2.75) is 18.3 Å². The summed E-state index contributed by atoms with van der Waals surface area (Å²) in [5.74, 6) is 0.886. The van der Waals surface area contributed by atoms with E-state index in [1.54, 1.807) is 12.4 Å². The first kappa shape index (κ1) is 12.3. The molecule has 2 aliphatic rings. The molecule has 0 saturated carbocycles. The second kappa shape index (κ2) is 4.55. The second-order valence-electron chi connectivity index (χ2n) is 5.62. The van der Waals surface area contributed by atoms with Gasteiger partial charge in [0, 0.05) is 31.2 Å². The third kappa shape index (κ3) is 1.81. The van der Waals surface area contributed by atoms with Crippen LogP contribution in [0.5, 0.6) is 0 Å². The van der Waals surface area contributed by atoms with Gasteiger partial charge >= 0.3 is 0 Å². The summed E-state index contributed by atoms with van der Waals surface area (Å²) in [6.07, 6.45) is 5.11. The minimum absolute atomic E-state index is 0.136. The average Bonchev–Trinajstić information content (AvgIpc) is 2.82. The Hall–Kier alpha value is -2.43. The van der Waals surface area contributed by atoms with Gasteiger partial charge < -0.3 is 10.2 Å². The number of nitrogens with one attached hydrogen (secondary N) is 1. The highest BCUT2D eigenvalue weighted by molar-refractivity contribution is 6.06. The predicted molar refractivity (Wildman–Crippen MR) is 80.2 cm³/mol. The van der Waals surface area contributed by atoms with Gasteiger partial charge in [0.1, 0.15) is 0 Å². The van der Waals surface area contributed by atoms with Gasteiger partial charge in [-0.15, -0.1) is 0 Å². The largest absolute Gasteiger partial charge is 0.341 e. The molecule has 0 aliphatic carbocycles. The lowest BCUT2D eigenvalue weighted by Crippen LogP contribution is -2.47. The monoisotopic (exact) mass is 280 g/mol. The summed E-state index contributed by atoms with van der Waals surface area (Å²) in [5.41, 5.74) is 1.73. The molecule has 1 N–H and O–H groups in total. The highest BCUT2D eigenvalue weighted by Gasteiger charge is 2.48. The van der Waals surface area contributed by atoms with Crippen molar-refractivity contribution < 1.29 is 4.79 Å². The molecule has 0 bridgehead atoms. The summed E-state index contributed by atoms with van der Waals surface area (Å²) in [7, 11) is 0. The number of piperidine rings is 1. The fourth-order valence-electron chi connectivity index (χ4n) is 3.41. The molecule has 1 aromatic carbocycles. The topological polar surface area (TPSA) is 58.1 Å². The van der Waals surface area contributed by atoms with Crippen LogP contribution in [0.1, 0.15) is 18.4 Å². The molecular formula is C16H16N4O. The van der Waals surface area contributed by atoms with E-state index in [2.05, 4.69) is 26.3 Å². The van der Waals surface area contributed by atoms with Crippen molar-refractivity contribution in [3.63, 3.8) is 0 Å². The fraction of sp³-hybridized carbons (Fsp3) is 0.312. The molecular weight excluding hydrogens is 264 g/mol. The quantitative estimate of drug-likeness (QED) is 0.867. The van der Waals surface area contributed by atoms with Crippen molar-refractivity contribution in [1.29, 1.82) is 0 Å². The van der Waals surface area contributed by atoms with Crippen LogP contribution in [0.4, 0.5) is 11.6 Å². The van der Waals surface area contributed by atoms with Gasteiger partial charge in [0.2, 0.25) is 11.9 Å². The van der Waals surface area contributed by atoms with E-state index in [0.29, 0.717) is 0 Å². The Morgan fingerprint density at radius 2 is 1.76 bits per heavy atom. The summed E-state index contributed by atoms with van der Waals surface area (Å²) in [6, 6.07) is 9.84. The van der Waals surface area contributed by atoms with Crippen LogP contribution < -0.4 is 10.2 Å². The Morgan fingerprint density at radius 3 is 2.52 bits per heavy atom. The third-order valence-corrected chi connectivity index (χ3v) is 4.58. The van der Waals surface area contributed by atoms with Crippen LogP contribution in [0.15, 0.2) is 42.7 Å². The standard InChI is InChI=1S/C16H16N4O/c21-14-16(12-4-1-2-5-13(12)19-14)6-10-20(11-7-16)15-17-8-3-9-18-15/h1-5,8-9H,6-7,10-11H2,(H,19,21). The molecule has 0 radical (unpaired) electrons. The maximum atomic E-state index is 12.5. The normalized spacial score (nSPS) is 19.4. The maximum Gasteiger partial charge on any atom is 0.235 e. The Bertz CT molecular complexity index is 678. The number of aromatic nitrogens is 2. The summed E-state index contributed by atoms with van der Waals surface area (Å²) in [5, 5.41) is 3.02. The summed E-state index contributed by atoms with van der Waals surface area (Å²) in [6.45, 7) is 1.59. The number of amides is 1. The van der Waals surface area contributed by atoms with Gasteiger partial charge in [-0.05, 0) is 30.5 Å². The summed E-state index contributed by atoms with van der Waals surface area (Å²) >= 11 is 0. The molecule has 21 heavy (non-hydrogen) atoms. The van der Waals surface area contributed by atoms with Crippen LogP contribution in [0.25, 0.3) is 0 Å². The molecule has 1 saturated heterocycles. The number of nitrogens with zero attached hydrogens (tertiary/aromatic N) is 3. The van der Waals surface area contributed by atoms with Crippen molar-refractivity contribution >= 4 is 17.5 Å². The number of fused-ring (bicyclic) bond motifs is 2. The molecule has 2 aromatic rings. The number of anilines is 2. The Labute approximate surface area is 123 Å². The summed E-state index contributed by atoms with van der Waals surface area (Å²) < 4.78 is 0. The summed E-state index contributed by atoms with van der Waals surface area (Å²) in [4.78, 5) is 23.2. The van der Waals surface area contributed by atoms with Crippen LogP contribution in [-0.2, 0) is 10.2 Å². The Balaban J connectivity index is 1.61. The van der Waals surface area contributed by atoms with E-state index >= 15 is 0 Å². The van der Waals surface area contributed by atoms with E-state index in [-0.39, 0.29) is 11.3 Å². The number of rotatable bonds is 1. The number of hydrogen-bond acceptors (Lipinski definition) is 4. The lowest BCUT2D eigenvalue weighted by atomic mass is 9.74. The smallest absolute Gasteiger partial charge is 0.235 e. The average molecular weight is 280 g/mol. The van der Waals surface area contributed by atoms with Crippen LogP contribution in [0, 0.1) is 0 Å². The van der Waals surface area contributed by atoms with Crippen LogP contribution >= 0.6 is 0 Å². The van der Waals surface area contributed by atoms with Gasteiger partial charge in [-0.1, -0.05) is 18.2 Å². The van der Waals surface area contributed by atoms with Gasteiger partial charge in [0.15, 0.2) is 0 Å². The molecule has 0 unspecified atom stereocenters. The first-order valence-corrected chi connectivity index (χ1v) is 7.22. The maximum absolute atomic E-state index is 12.5. The zero-order valence-corrected chi connectivity index (χ0v) is 11.6. The van der Waals surface area contributed by atoms with Gasteiger partial charge in [0.05, 0.1) is 5.41 Å². The fourth-order valence-corrected chi connectivity index (χ4v) is 3.41. The SMILES string of the molecule is O=C1Nc2ccccc2C12CCN(c1ncccn1)CC2. The van der Waals surface area contributed by atoms with Gasteiger partial charge in [-0.3, -0.25) is 4.79 Å². The highest BCUT2D eigenvalue weighted by Crippen LogP contribution is 2.44. The Kier molecular flexibility index (Phi) is 2.67. The number of carbonyl (C=O) groups is 1. The first-order chi connectivity index (χ1) is 10.3. The molecule has 3 heterocycles. The second-order valence-corrected chi connectivity index (χ2v) is 5.62. The molecule has 5 nitrogen and oxygen atoms in total. The third-order valence-electron chi connectivity index (χ3n) is 4.58. The van der Waals surface area contributed by atoms with E-state index in [9.17, 15) is 4.79 Å². The van der Waals surface area contributed by atoms with Crippen LogP contribution in [0.2, 0.25) is 0 Å². The van der Waals surface area contributed by atoms with Gasteiger partial charge in [-0.25, -0.2) is 9.97 Å². The van der Waals surface area contributed by atoms with Crippen molar-refractivity contribution in [2.24, 2.45) is 0 Å². The lowest BCUT2D eigenvalue weighted by molar-refractivity contribution is -0.121. The van der Waals surface area contributed by atoms with Crippen molar-refractivity contribution in [1.82, 2.24) is 9.97 Å². The van der Waals surface area contributed by atoms with E-state index < -0.39 is 0 Å². The van der Waals surface area contributed by atoms with Crippen LogP contribution in [0.3, 0.4) is 0 Å². The predicted octanol–water partition coefficient (Wildman–Crippen LogP) is 1.97. The van der Waals surface area contributed by atoms with Crippen molar-refractivity contribution in [2.75, 3.05) is 23.3 Å². The van der Waals surface area contributed by atoms with E-state index in [1.165, 1.54) is 0 Å². The lowest BCUT2D eigenvalue weighted by Gasteiger charge is -2.37. The van der Waals surface area contributed by atoms with Gasteiger partial charge in [-0.2, -0.15) is 0 Å². The molecule has 1 aromatic heterocycles. The number of hydrogen-bond donors (Lipinski definition) is 1. The van der Waals surface area contributed by atoms with Crippen LogP contribution in [-0.4, -0.2) is 29.0 Å². The molecule has 2 aliphatic heterocycles. The zero-order chi connectivity index (χ0) is 14.3. The van der Waals surface area contributed by atoms with E-state index in [4.69, 9.17) is 0 Å². The van der Waals surface area contributed by atoms with Crippen molar-refractivity contribution in [3.05, 3.63) is 48.3 Å². The van der Waals surface area contributed by atoms with E-state index in [0.717, 1.165) is 43.1 Å². The molecule has 4 rings (SSSR count). The molecule has 0 atom stereocenters. The minimum atomic E-state index is -0.373. The van der Waals surface area contributed by atoms with Gasteiger partial charge in [0.25, 0.3) is 0 Å². The number of para-hydroxylation sites is 1. The molecule has 1 fully saturated rings.